The highest BCUT2D eigenvalue weighted by Crippen LogP contribution is 2.27. The molecule has 0 unspecified atom stereocenters. The fraction of sp³-hybridized carbons (Fsp3) is 0.714. The van der Waals surface area contributed by atoms with Crippen LogP contribution in [0.1, 0.15) is 38.5 Å². The minimum atomic E-state index is -0.801. The van der Waals surface area contributed by atoms with Crippen LogP contribution in [0.2, 0.25) is 0 Å². The summed E-state index contributed by atoms with van der Waals surface area (Å²) in [6.45, 7) is 0.810. The number of carbonyl (C=O) groups excluding carboxylic acids is 1. The zero-order valence-electron chi connectivity index (χ0n) is 11.5. The van der Waals surface area contributed by atoms with Gasteiger partial charge in [-0.15, -0.1) is 0 Å². The number of hydrogen-bond acceptors (Lipinski definition) is 3. The van der Waals surface area contributed by atoms with Gasteiger partial charge in [0.2, 0.25) is 5.91 Å². The molecule has 5 nitrogen and oxygen atoms in total. The van der Waals surface area contributed by atoms with Crippen LogP contribution in [0.25, 0.3) is 0 Å². The van der Waals surface area contributed by atoms with Crippen LogP contribution >= 0.6 is 0 Å². The van der Waals surface area contributed by atoms with Crippen molar-refractivity contribution < 1.29 is 14.7 Å². The first-order valence-electron chi connectivity index (χ1n) is 6.99. The number of hydrogen-bond donors (Lipinski definition) is 1. The number of carboxylic acid groups (broad SMARTS) is 1. The summed E-state index contributed by atoms with van der Waals surface area (Å²) in [7, 11) is 1.82. The van der Waals surface area contributed by atoms with Gasteiger partial charge in [-0.3, -0.25) is 14.5 Å². The molecule has 2 aliphatic rings. The summed E-state index contributed by atoms with van der Waals surface area (Å²) in [5.74, 6) is -0.726. The molecular formula is C14H22N2O3. The maximum absolute atomic E-state index is 12.2. The van der Waals surface area contributed by atoms with Crippen molar-refractivity contribution in [1.29, 1.82) is 0 Å². The van der Waals surface area contributed by atoms with Crippen LogP contribution in [0.4, 0.5) is 0 Å². The second-order valence-corrected chi connectivity index (χ2v) is 5.39. The molecule has 0 atom stereocenters. The standard InChI is InChI=1S/C14H22N2O3/c1-15(11-4-2-3-5-11)13(17)10-16(12-6-7-12)9-8-14(18)19/h4,12H,2-3,5-10H2,1H3,(H,18,19). The topological polar surface area (TPSA) is 60.9 Å². The zero-order chi connectivity index (χ0) is 13.8. The maximum Gasteiger partial charge on any atom is 0.304 e. The van der Waals surface area contributed by atoms with E-state index in [-0.39, 0.29) is 12.3 Å². The highest BCUT2D eigenvalue weighted by molar-refractivity contribution is 5.80. The number of nitrogens with zero attached hydrogens (tertiary/aromatic N) is 2. The molecule has 1 fully saturated rings. The van der Waals surface area contributed by atoms with Gasteiger partial charge in [0, 0.05) is 25.3 Å². The molecule has 19 heavy (non-hydrogen) atoms. The molecule has 0 heterocycles. The third-order valence-corrected chi connectivity index (χ3v) is 3.84. The predicted octanol–water partition coefficient (Wildman–Crippen LogP) is 1.45. The van der Waals surface area contributed by atoms with E-state index in [1.165, 1.54) is 0 Å². The summed E-state index contributed by atoms with van der Waals surface area (Å²) in [6.07, 6.45) is 7.54. The molecule has 5 heteroatoms. The monoisotopic (exact) mass is 266 g/mol. The Morgan fingerprint density at radius 2 is 2.16 bits per heavy atom. The first kappa shape index (κ1) is 14.1. The SMILES string of the molecule is CN(C(=O)CN(CCC(=O)O)C1CC1)C1=CCCC1. The highest BCUT2D eigenvalue weighted by Gasteiger charge is 2.31. The molecule has 2 aliphatic carbocycles. The number of carbonyl (C=O) groups is 2. The number of rotatable bonds is 7. The summed E-state index contributed by atoms with van der Waals surface area (Å²) in [4.78, 5) is 26.6. The van der Waals surface area contributed by atoms with Gasteiger partial charge in [0.05, 0.1) is 13.0 Å². The normalized spacial score (nSPS) is 18.5. The van der Waals surface area contributed by atoms with Crippen LogP contribution in [-0.4, -0.2) is 53.0 Å². The molecule has 0 aliphatic heterocycles. The second kappa shape index (κ2) is 6.19. The van der Waals surface area contributed by atoms with E-state index in [0.29, 0.717) is 19.1 Å². The lowest BCUT2D eigenvalue weighted by Gasteiger charge is -2.25. The summed E-state index contributed by atoms with van der Waals surface area (Å²) in [5, 5.41) is 8.75. The highest BCUT2D eigenvalue weighted by atomic mass is 16.4. The largest absolute Gasteiger partial charge is 0.481 e. The van der Waals surface area contributed by atoms with E-state index in [1.807, 2.05) is 11.9 Å². The van der Waals surface area contributed by atoms with Crippen molar-refractivity contribution in [3.63, 3.8) is 0 Å². The van der Waals surface area contributed by atoms with Crippen LogP contribution in [0.15, 0.2) is 11.8 Å². The molecule has 0 aromatic heterocycles. The molecule has 2 rings (SSSR count). The van der Waals surface area contributed by atoms with Gasteiger partial charge in [-0.1, -0.05) is 6.08 Å². The number of aliphatic carboxylic acids is 1. The average Bonchev–Trinajstić information content (AvgIpc) is 3.07. The predicted molar refractivity (Wildman–Crippen MR) is 71.6 cm³/mol. The van der Waals surface area contributed by atoms with Crippen molar-refractivity contribution in [3.05, 3.63) is 11.8 Å². The van der Waals surface area contributed by atoms with Gasteiger partial charge in [0.15, 0.2) is 0 Å². The van der Waals surface area contributed by atoms with Crippen LogP contribution in [-0.2, 0) is 9.59 Å². The van der Waals surface area contributed by atoms with E-state index < -0.39 is 5.97 Å². The fourth-order valence-corrected chi connectivity index (χ4v) is 2.47. The van der Waals surface area contributed by atoms with Crippen molar-refractivity contribution >= 4 is 11.9 Å². The van der Waals surface area contributed by atoms with Gasteiger partial charge in [-0.05, 0) is 32.1 Å². The van der Waals surface area contributed by atoms with Crippen LogP contribution in [0.5, 0.6) is 0 Å². The number of likely N-dealkylation sites (N-methyl/N-ethyl adjacent to an activating group) is 1. The van der Waals surface area contributed by atoms with Crippen molar-refractivity contribution in [3.8, 4) is 0 Å². The number of amides is 1. The summed E-state index contributed by atoms with van der Waals surface area (Å²) in [5.41, 5.74) is 1.11. The quantitative estimate of drug-likeness (QED) is 0.757. The number of allylic oxidation sites excluding steroid dienone is 2. The second-order valence-electron chi connectivity index (χ2n) is 5.39. The smallest absolute Gasteiger partial charge is 0.304 e. The average molecular weight is 266 g/mol. The molecule has 1 N–H and O–H groups in total. The Morgan fingerprint density at radius 1 is 1.42 bits per heavy atom. The van der Waals surface area contributed by atoms with Crippen LogP contribution < -0.4 is 0 Å². The van der Waals surface area contributed by atoms with Crippen molar-refractivity contribution in [2.45, 2.75) is 44.6 Å². The Hall–Kier alpha value is -1.36. The fourth-order valence-electron chi connectivity index (χ4n) is 2.47. The lowest BCUT2D eigenvalue weighted by molar-refractivity contribution is -0.138. The summed E-state index contributed by atoms with van der Waals surface area (Å²) >= 11 is 0. The summed E-state index contributed by atoms with van der Waals surface area (Å²) < 4.78 is 0. The number of carboxylic acids is 1. The Bertz CT molecular complexity index is 388. The lowest BCUT2D eigenvalue weighted by atomic mass is 10.3. The first-order chi connectivity index (χ1) is 9.08. The first-order valence-corrected chi connectivity index (χ1v) is 6.99. The molecule has 0 radical (unpaired) electrons. The van der Waals surface area contributed by atoms with Gasteiger partial charge < -0.3 is 10.0 Å². The molecule has 1 amide bonds. The Morgan fingerprint density at radius 3 is 2.68 bits per heavy atom. The van der Waals surface area contributed by atoms with E-state index in [1.54, 1.807) is 4.90 Å². The molecule has 0 saturated heterocycles. The summed E-state index contributed by atoms with van der Waals surface area (Å²) in [6, 6.07) is 0.411. The Balaban J connectivity index is 1.85. The van der Waals surface area contributed by atoms with Crippen LogP contribution in [0, 0.1) is 0 Å². The van der Waals surface area contributed by atoms with E-state index in [2.05, 4.69) is 6.08 Å². The van der Waals surface area contributed by atoms with E-state index in [0.717, 1.165) is 37.8 Å². The minimum Gasteiger partial charge on any atom is -0.481 e. The van der Waals surface area contributed by atoms with Crippen molar-refractivity contribution in [1.82, 2.24) is 9.80 Å². The molecular weight excluding hydrogens is 244 g/mol. The molecule has 106 valence electrons. The third kappa shape index (κ3) is 4.06. The van der Waals surface area contributed by atoms with Crippen LogP contribution in [0.3, 0.4) is 0 Å². The van der Waals surface area contributed by atoms with Gasteiger partial charge in [-0.25, -0.2) is 0 Å². The van der Waals surface area contributed by atoms with E-state index in [9.17, 15) is 9.59 Å². The minimum absolute atomic E-state index is 0.0745. The zero-order valence-corrected chi connectivity index (χ0v) is 11.5. The van der Waals surface area contributed by atoms with Gasteiger partial charge in [-0.2, -0.15) is 0 Å². The third-order valence-electron chi connectivity index (χ3n) is 3.84. The molecule has 0 bridgehead atoms. The maximum atomic E-state index is 12.2. The van der Waals surface area contributed by atoms with Crippen molar-refractivity contribution in [2.24, 2.45) is 0 Å². The van der Waals surface area contributed by atoms with Gasteiger partial charge in [0.25, 0.3) is 0 Å². The van der Waals surface area contributed by atoms with E-state index >= 15 is 0 Å². The molecule has 0 aromatic carbocycles. The van der Waals surface area contributed by atoms with E-state index in [4.69, 9.17) is 5.11 Å². The lowest BCUT2D eigenvalue weighted by Crippen LogP contribution is -2.39. The van der Waals surface area contributed by atoms with Crippen molar-refractivity contribution in [2.75, 3.05) is 20.1 Å². The molecule has 0 spiro atoms. The Kier molecular flexibility index (Phi) is 4.58. The Labute approximate surface area is 113 Å². The molecule has 0 aromatic rings. The van der Waals surface area contributed by atoms with Gasteiger partial charge in [0.1, 0.15) is 0 Å². The van der Waals surface area contributed by atoms with Gasteiger partial charge >= 0.3 is 5.97 Å². The molecule has 1 saturated carbocycles.